The summed E-state index contributed by atoms with van der Waals surface area (Å²) >= 11 is 0. The lowest BCUT2D eigenvalue weighted by molar-refractivity contribution is -0.142. The van der Waals surface area contributed by atoms with E-state index in [1.54, 1.807) is 0 Å². The van der Waals surface area contributed by atoms with Crippen LogP contribution in [0.5, 0.6) is 0 Å². The molecular weight excluding hydrogens is 174 g/mol. The molecule has 0 radical (unpaired) electrons. The first kappa shape index (κ1) is 11.9. The molecule has 2 N–H and O–H groups in total. The molecule has 0 rings (SSSR count). The normalized spacial score (nSPS) is 12.2. The predicted octanol–water partition coefficient (Wildman–Crippen LogP) is 0.00230. The second-order valence-electron chi connectivity index (χ2n) is 2.68. The van der Waals surface area contributed by atoms with Crippen molar-refractivity contribution >= 4 is 11.9 Å². The van der Waals surface area contributed by atoms with Crippen LogP contribution in [-0.4, -0.2) is 36.7 Å². The predicted molar refractivity (Wildman–Crippen MR) is 46.4 cm³/mol. The number of hydrogen-bond donors (Lipinski definition) is 2. The van der Waals surface area contributed by atoms with Gasteiger partial charge in [0.1, 0.15) is 12.6 Å². The molecule has 0 unspecified atom stereocenters. The molecule has 5 heteroatoms. The first-order chi connectivity index (χ1) is 6.11. The highest BCUT2D eigenvalue weighted by atomic mass is 16.5. The Hall–Kier alpha value is -1.10. The van der Waals surface area contributed by atoms with Crippen molar-refractivity contribution in [2.45, 2.75) is 25.8 Å². The van der Waals surface area contributed by atoms with Crippen molar-refractivity contribution in [1.29, 1.82) is 0 Å². The summed E-state index contributed by atoms with van der Waals surface area (Å²) in [7, 11) is 1.38. The van der Waals surface area contributed by atoms with E-state index in [0.29, 0.717) is 12.8 Å². The van der Waals surface area contributed by atoms with E-state index in [4.69, 9.17) is 5.11 Å². The van der Waals surface area contributed by atoms with E-state index in [1.165, 1.54) is 7.11 Å². The van der Waals surface area contributed by atoms with Crippen molar-refractivity contribution in [3.63, 3.8) is 0 Å². The van der Waals surface area contributed by atoms with Gasteiger partial charge in [-0.05, 0) is 6.42 Å². The van der Waals surface area contributed by atoms with Gasteiger partial charge >= 0.3 is 5.97 Å². The first-order valence-electron chi connectivity index (χ1n) is 4.13. The van der Waals surface area contributed by atoms with Gasteiger partial charge in [0.25, 0.3) is 0 Å². The quantitative estimate of drug-likeness (QED) is 0.616. The fourth-order valence-electron chi connectivity index (χ4n) is 0.913. The van der Waals surface area contributed by atoms with Crippen molar-refractivity contribution in [2.24, 2.45) is 0 Å². The molecule has 76 valence electrons. The lowest BCUT2D eigenvalue weighted by Crippen LogP contribution is -2.42. The SMILES string of the molecule is CCC[C@@H](NC(=O)COC)C(=O)O. The third-order valence-corrected chi connectivity index (χ3v) is 1.49. The van der Waals surface area contributed by atoms with Crippen LogP contribution < -0.4 is 5.32 Å². The van der Waals surface area contributed by atoms with E-state index in [9.17, 15) is 9.59 Å². The summed E-state index contributed by atoms with van der Waals surface area (Å²) in [5, 5.41) is 11.0. The van der Waals surface area contributed by atoms with Crippen LogP contribution >= 0.6 is 0 Å². The molecule has 0 aromatic heterocycles. The number of carbonyl (C=O) groups excluding carboxylic acids is 1. The summed E-state index contributed by atoms with van der Waals surface area (Å²) in [5.41, 5.74) is 0. The number of carboxylic acid groups (broad SMARTS) is 1. The Morgan fingerprint density at radius 3 is 2.54 bits per heavy atom. The van der Waals surface area contributed by atoms with Gasteiger partial charge in [-0.3, -0.25) is 4.79 Å². The highest BCUT2D eigenvalue weighted by Gasteiger charge is 2.17. The summed E-state index contributed by atoms with van der Waals surface area (Å²) in [6.07, 6.45) is 1.15. The third-order valence-electron chi connectivity index (χ3n) is 1.49. The van der Waals surface area contributed by atoms with Gasteiger partial charge in [-0.2, -0.15) is 0 Å². The van der Waals surface area contributed by atoms with E-state index in [0.717, 1.165) is 0 Å². The first-order valence-corrected chi connectivity index (χ1v) is 4.13. The second-order valence-corrected chi connectivity index (χ2v) is 2.68. The fraction of sp³-hybridized carbons (Fsp3) is 0.750. The van der Waals surface area contributed by atoms with Crippen molar-refractivity contribution in [3.05, 3.63) is 0 Å². The summed E-state index contributed by atoms with van der Waals surface area (Å²) < 4.78 is 4.56. The van der Waals surface area contributed by atoms with E-state index in [-0.39, 0.29) is 6.61 Å². The Balaban J connectivity index is 3.94. The van der Waals surface area contributed by atoms with Crippen LogP contribution in [0.3, 0.4) is 0 Å². The molecule has 1 atom stereocenters. The van der Waals surface area contributed by atoms with E-state index >= 15 is 0 Å². The number of ether oxygens (including phenoxy) is 1. The molecule has 13 heavy (non-hydrogen) atoms. The van der Waals surface area contributed by atoms with Crippen molar-refractivity contribution in [1.82, 2.24) is 5.32 Å². The minimum Gasteiger partial charge on any atom is -0.480 e. The molecule has 0 aromatic carbocycles. The molecule has 5 nitrogen and oxygen atoms in total. The van der Waals surface area contributed by atoms with Gasteiger partial charge in [0, 0.05) is 7.11 Å². The van der Waals surface area contributed by atoms with E-state index < -0.39 is 17.9 Å². The van der Waals surface area contributed by atoms with Crippen LogP contribution in [-0.2, 0) is 14.3 Å². The molecule has 0 aliphatic rings. The largest absolute Gasteiger partial charge is 0.480 e. The third kappa shape index (κ3) is 5.19. The molecule has 0 aliphatic carbocycles. The Bertz CT molecular complexity index is 181. The molecule has 0 aromatic rings. The minimum atomic E-state index is -1.01. The zero-order valence-electron chi connectivity index (χ0n) is 7.87. The van der Waals surface area contributed by atoms with Crippen molar-refractivity contribution < 1.29 is 19.4 Å². The average molecular weight is 189 g/mol. The average Bonchev–Trinajstić information content (AvgIpc) is 2.04. The molecule has 1 amide bonds. The van der Waals surface area contributed by atoms with E-state index in [2.05, 4.69) is 10.1 Å². The molecule has 0 heterocycles. The topological polar surface area (TPSA) is 75.6 Å². The molecular formula is C8H15NO4. The van der Waals surface area contributed by atoms with Gasteiger partial charge < -0.3 is 15.2 Å². The maximum atomic E-state index is 10.9. The number of rotatable bonds is 6. The molecule has 0 fully saturated rings. The Morgan fingerprint density at radius 1 is 1.54 bits per heavy atom. The maximum absolute atomic E-state index is 10.9. The lowest BCUT2D eigenvalue weighted by Gasteiger charge is -2.12. The molecule has 0 spiro atoms. The summed E-state index contributed by atoms with van der Waals surface area (Å²) in [5.74, 6) is -1.41. The number of aliphatic carboxylic acids is 1. The maximum Gasteiger partial charge on any atom is 0.326 e. The summed E-state index contributed by atoms with van der Waals surface area (Å²) in [6, 6.07) is -0.798. The van der Waals surface area contributed by atoms with Crippen molar-refractivity contribution in [2.75, 3.05) is 13.7 Å². The zero-order chi connectivity index (χ0) is 10.3. The number of carbonyl (C=O) groups is 2. The summed E-state index contributed by atoms with van der Waals surface area (Å²) in [6.45, 7) is 1.76. The van der Waals surface area contributed by atoms with Gasteiger partial charge in [-0.1, -0.05) is 13.3 Å². The van der Waals surface area contributed by atoms with Crippen LogP contribution in [0.1, 0.15) is 19.8 Å². The minimum absolute atomic E-state index is 0.104. The van der Waals surface area contributed by atoms with Crippen LogP contribution in [0, 0.1) is 0 Å². The zero-order valence-corrected chi connectivity index (χ0v) is 7.87. The van der Waals surface area contributed by atoms with Crippen LogP contribution in [0.25, 0.3) is 0 Å². The van der Waals surface area contributed by atoms with Gasteiger partial charge in [-0.25, -0.2) is 4.79 Å². The highest BCUT2D eigenvalue weighted by molar-refractivity contribution is 5.84. The highest BCUT2D eigenvalue weighted by Crippen LogP contribution is 1.96. The van der Waals surface area contributed by atoms with Crippen molar-refractivity contribution in [3.8, 4) is 0 Å². The van der Waals surface area contributed by atoms with Crippen LogP contribution in [0.15, 0.2) is 0 Å². The smallest absolute Gasteiger partial charge is 0.326 e. The number of carboxylic acids is 1. The van der Waals surface area contributed by atoms with Gasteiger partial charge in [0.2, 0.25) is 5.91 Å². The molecule has 0 aliphatic heterocycles. The van der Waals surface area contributed by atoms with Crippen LogP contribution in [0.4, 0.5) is 0 Å². The van der Waals surface area contributed by atoms with Gasteiger partial charge in [0.05, 0.1) is 0 Å². The summed E-state index contributed by atoms with van der Waals surface area (Å²) in [4.78, 5) is 21.5. The molecule has 0 bridgehead atoms. The Morgan fingerprint density at radius 2 is 2.15 bits per heavy atom. The van der Waals surface area contributed by atoms with Crippen LogP contribution in [0.2, 0.25) is 0 Å². The van der Waals surface area contributed by atoms with Gasteiger partial charge in [0.15, 0.2) is 0 Å². The monoisotopic (exact) mass is 189 g/mol. The number of nitrogens with one attached hydrogen (secondary N) is 1. The number of amides is 1. The Labute approximate surface area is 77.1 Å². The number of methoxy groups -OCH3 is 1. The number of hydrogen-bond acceptors (Lipinski definition) is 3. The standard InChI is InChI=1S/C8H15NO4/c1-3-4-6(8(11)12)9-7(10)5-13-2/h6H,3-5H2,1-2H3,(H,9,10)(H,11,12)/t6-/m1/s1. The Kier molecular flexibility index (Phi) is 5.88. The molecule has 0 saturated heterocycles. The van der Waals surface area contributed by atoms with Gasteiger partial charge in [-0.15, -0.1) is 0 Å². The molecule has 0 saturated carbocycles. The lowest BCUT2D eigenvalue weighted by atomic mass is 10.2. The van der Waals surface area contributed by atoms with E-state index in [1.807, 2.05) is 6.92 Å². The second kappa shape index (κ2) is 6.42. The fourth-order valence-corrected chi connectivity index (χ4v) is 0.913.